The number of sulfonamides is 1. The van der Waals surface area contributed by atoms with E-state index in [-0.39, 0.29) is 16.2 Å². The van der Waals surface area contributed by atoms with Crippen LogP contribution in [0.2, 0.25) is 0 Å². The molecule has 0 heterocycles. The smallest absolute Gasteiger partial charge is 0.381 e. The van der Waals surface area contributed by atoms with Crippen LogP contribution >= 0.6 is 15.9 Å². The van der Waals surface area contributed by atoms with E-state index < -0.39 is 26.7 Å². The molecule has 1 aliphatic rings. The lowest BCUT2D eigenvalue weighted by molar-refractivity contribution is -0.139. The van der Waals surface area contributed by atoms with Gasteiger partial charge in [0.25, 0.3) is 0 Å². The van der Waals surface area contributed by atoms with Crippen LogP contribution in [0.1, 0.15) is 18.4 Å². The zero-order chi connectivity index (χ0) is 14.4. The Labute approximate surface area is 116 Å². The van der Waals surface area contributed by atoms with Crippen molar-refractivity contribution in [1.82, 2.24) is 0 Å². The zero-order valence-electron chi connectivity index (χ0n) is 9.46. The van der Waals surface area contributed by atoms with E-state index in [2.05, 4.69) is 21.2 Å². The fourth-order valence-electron chi connectivity index (χ4n) is 1.67. The maximum atomic E-state index is 12.9. The predicted octanol–water partition coefficient (Wildman–Crippen LogP) is 2.69. The second-order valence-electron chi connectivity index (χ2n) is 4.29. The van der Waals surface area contributed by atoms with Gasteiger partial charge in [-0.2, -0.15) is 13.2 Å². The molecule has 9 heteroatoms. The van der Waals surface area contributed by atoms with Crippen molar-refractivity contribution >= 4 is 31.6 Å². The molecule has 0 unspecified atom stereocenters. The summed E-state index contributed by atoms with van der Waals surface area (Å²) in [6.45, 7) is 0. The van der Waals surface area contributed by atoms with Crippen LogP contribution in [0.25, 0.3) is 0 Å². The molecule has 3 N–H and O–H groups in total. The lowest BCUT2D eigenvalue weighted by atomic mass is 10.2. The summed E-state index contributed by atoms with van der Waals surface area (Å²) in [4.78, 5) is -0.907. The van der Waals surface area contributed by atoms with Gasteiger partial charge in [-0.05, 0) is 25.0 Å². The highest BCUT2D eigenvalue weighted by molar-refractivity contribution is 9.10. The Bertz CT molecular complexity index is 612. The summed E-state index contributed by atoms with van der Waals surface area (Å²) in [7, 11) is -4.49. The van der Waals surface area contributed by atoms with Crippen molar-refractivity contribution in [3.05, 3.63) is 22.2 Å². The molecule has 2 rings (SSSR count). The van der Waals surface area contributed by atoms with Crippen LogP contribution in [0.3, 0.4) is 0 Å². The lowest BCUT2D eigenvalue weighted by Gasteiger charge is -2.17. The first-order valence-corrected chi connectivity index (χ1v) is 7.63. The number of alkyl halides is 3. The molecule has 0 radical (unpaired) electrons. The van der Waals surface area contributed by atoms with Gasteiger partial charge in [-0.25, -0.2) is 13.6 Å². The molecule has 1 saturated carbocycles. The molecule has 106 valence electrons. The predicted molar refractivity (Wildman–Crippen MR) is 67.2 cm³/mol. The summed E-state index contributed by atoms with van der Waals surface area (Å²) in [5.41, 5.74) is -1.39. The Hall–Kier alpha value is -0.800. The van der Waals surface area contributed by atoms with Gasteiger partial charge in [-0.15, -0.1) is 0 Å². The van der Waals surface area contributed by atoms with Crippen molar-refractivity contribution in [2.45, 2.75) is 30.0 Å². The third-order valence-electron chi connectivity index (χ3n) is 2.58. The first kappa shape index (κ1) is 14.6. The fourth-order valence-corrected chi connectivity index (χ4v) is 3.03. The van der Waals surface area contributed by atoms with Crippen LogP contribution in [0, 0.1) is 0 Å². The van der Waals surface area contributed by atoms with E-state index in [1.807, 2.05) is 0 Å². The highest BCUT2D eigenvalue weighted by atomic mass is 79.9. The van der Waals surface area contributed by atoms with Crippen molar-refractivity contribution < 1.29 is 21.6 Å². The van der Waals surface area contributed by atoms with Gasteiger partial charge in [0.05, 0.1) is 11.3 Å². The molecule has 19 heavy (non-hydrogen) atoms. The summed E-state index contributed by atoms with van der Waals surface area (Å²) in [6.07, 6.45) is -3.22. The number of rotatable bonds is 3. The molecule has 0 aromatic heterocycles. The number of primary sulfonamides is 1. The molecule has 1 fully saturated rings. The Morgan fingerprint density at radius 1 is 1.32 bits per heavy atom. The molecule has 0 amide bonds. The Morgan fingerprint density at radius 2 is 1.89 bits per heavy atom. The number of nitrogens with two attached hydrogens (primary N) is 1. The van der Waals surface area contributed by atoms with Crippen LogP contribution < -0.4 is 10.5 Å². The van der Waals surface area contributed by atoms with E-state index in [1.54, 1.807) is 0 Å². The molecule has 1 aliphatic carbocycles. The summed E-state index contributed by atoms with van der Waals surface area (Å²) in [6, 6.07) is 1.99. The number of anilines is 1. The van der Waals surface area contributed by atoms with Gasteiger partial charge in [-0.1, -0.05) is 15.9 Å². The van der Waals surface area contributed by atoms with Gasteiger partial charge in [0.15, 0.2) is 0 Å². The molecule has 0 bridgehead atoms. The number of hydrogen-bond donors (Lipinski definition) is 2. The Morgan fingerprint density at radius 3 is 2.32 bits per heavy atom. The fraction of sp³-hybridized carbons (Fsp3) is 0.400. The highest BCUT2D eigenvalue weighted by Gasteiger charge is 2.39. The van der Waals surface area contributed by atoms with E-state index in [0.29, 0.717) is 6.07 Å². The first-order valence-electron chi connectivity index (χ1n) is 5.29. The van der Waals surface area contributed by atoms with Crippen molar-refractivity contribution in [2.75, 3.05) is 5.32 Å². The van der Waals surface area contributed by atoms with Gasteiger partial charge < -0.3 is 5.32 Å². The van der Waals surface area contributed by atoms with E-state index in [4.69, 9.17) is 5.14 Å². The number of benzene rings is 1. The van der Waals surface area contributed by atoms with Gasteiger partial charge in [0, 0.05) is 10.5 Å². The maximum Gasteiger partial charge on any atom is 0.417 e. The topological polar surface area (TPSA) is 72.2 Å². The van der Waals surface area contributed by atoms with Gasteiger partial charge in [-0.3, -0.25) is 0 Å². The molecular weight excluding hydrogens is 349 g/mol. The number of nitrogens with one attached hydrogen (secondary N) is 1. The van der Waals surface area contributed by atoms with Crippen molar-refractivity contribution in [3.63, 3.8) is 0 Å². The van der Waals surface area contributed by atoms with Crippen LogP contribution in [-0.2, 0) is 16.2 Å². The van der Waals surface area contributed by atoms with Crippen molar-refractivity contribution in [1.29, 1.82) is 0 Å². The zero-order valence-corrected chi connectivity index (χ0v) is 11.9. The van der Waals surface area contributed by atoms with Gasteiger partial charge >= 0.3 is 6.18 Å². The van der Waals surface area contributed by atoms with E-state index in [1.165, 1.54) is 6.07 Å². The van der Waals surface area contributed by atoms with E-state index >= 15 is 0 Å². The van der Waals surface area contributed by atoms with Gasteiger partial charge in [0.1, 0.15) is 4.90 Å². The molecule has 0 atom stereocenters. The highest BCUT2D eigenvalue weighted by Crippen LogP contribution is 2.40. The van der Waals surface area contributed by atoms with E-state index in [9.17, 15) is 21.6 Å². The standard InChI is InChI=1S/C10H10BrF3N2O2S/c11-5-3-7(10(12,13)14)9(19(15,17)18)8(4-5)16-6-1-2-6/h3-4,6,16H,1-2H2,(H2,15,17,18). The SMILES string of the molecule is NS(=O)(=O)c1c(NC2CC2)cc(Br)cc1C(F)(F)F. The summed E-state index contributed by atoms with van der Waals surface area (Å²) in [5.74, 6) is 0. The monoisotopic (exact) mass is 358 g/mol. The molecular formula is C10H10BrF3N2O2S. The van der Waals surface area contributed by atoms with Crippen LogP contribution in [0.4, 0.5) is 18.9 Å². The average Bonchev–Trinajstić information content (AvgIpc) is 2.97. The maximum absolute atomic E-state index is 12.9. The second kappa shape index (κ2) is 4.64. The first-order chi connectivity index (χ1) is 8.59. The van der Waals surface area contributed by atoms with E-state index in [0.717, 1.165) is 12.8 Å². The largest absolute Gasteiger partial charge is 0.417 e. The average molecular weight is 359 g/mol. The van der Waals surface area contributed by atoms with Crippen LogP contribution in [-0.4, -0.2) is 14.5 Å². The minimum atomic E-state index is -4.80. The third kappa shape index (κ3) is 3.40. The molecule has 1 aromatic rings. The molecule has 4 nitrogen and oxygen atoms in total. The minimum Gasteiger partial charge on any atom is -0.381 e. The second-order valence-corrected chi connectivity index (χ2v) is 6.71. The Kier molecular flexibility index (Phi) is 3.56. The quantitative estimate of drug-likeness (QED) is 0.872. The molecule has 1 aromatic carbocycles. The summed E-state index contributed by atoms with van der Waals surface area (Å²) < 4.78 is 61.8. The molecule has 0 aliphatic heterocycles. The molecule has 0 saturated heterocycles. The van der Waals surface area contributed by atoms with Crippen LogP contribution in [0.15, 0.2) is 21.5 Å². The lowest BCUT2D eigenvalue weighted by Crippen LogP contribution is -2.21. The number of hydrogen-bond acceptors (Lipinski definition) is 3. The molecule has 0 spiro atoms. The van der Waals surface area contributed by atoms with Crippen molar-refractivity contribution in [2.24, 2.45) is 5.14 Å². The number of halogens is 4. The van der Waals surface area contributed by atoms with Gasteiger partial charge in [0.2, 0.25) is 10.0 Å². The normalized spacial score (nSPS) is 16.5. The third-order valence-corrected chi connectivity index (χ3v) is 4.05. The van der Waals surface area contributed by atoms with Crippen molar-refractivity contribution in [3.8, 4) is 0 Å². The Balaban J connectivity index is 2.68. The summed E-state index contributed by atoms with van der Waals surface area (Å²) in [5, 5.41) is 7.67. The minimum absolute atomic E-state index is 0.00381. The van der Waals surface area contributed by atoms with Crippen LogP contribution in [0.5, 0.6) is 0 Å². The summed E-state index contributed by atoms with van der Waals surface area (Å²) >= 11 is 2.94.